The van der Waals surface area contributed by atoms with E-state index in [4.69, 9.17) is 15.3 Å². The number of hydrogen-bond acceptors (Lipinski definition) is 4. The van der Waals surface area contributed by atoms with E-state index >= 15 is 0 Å². The van der Waals surface area contributed by atoms with Crippen LogP contribution in [0.1, 0.15) is 0 Å². The van der Waals surface area contributed by atoms with Crippen molar-refractivity contribution >= 4 is 0 Å². The SMILES string of the molecule is [O]=[Mn]=[O].[O]=[Mn]=[O]. The van der Waals surface area contributed by atoms with Crippen LogP contribution in [0.25, 0.3) is 0 Å². The summed E-state index contributed by atoms with van der Waals surface area (Å²) in [5, 5.41) is 0. The van der Waals surface area contributed by atoms with Crippen LogP contribution in [-0.2, 0) is 45.0 Å². The Labute approximate surface area is 45.4 Å². The molecule has 38 valence electrons. The Morgan fingerprint density at radius 1 is 0.667 bits per heavy atom. The van der Waals surface area contributed by atoms with Crippen LogP contribution in [0.4, 0.5) is 0 Å². The van der Waals surface area contributed by atoms with Crippen LogP contribution in [0, 0.1) is 0 Å². The van der Waals surface area contributed by atoms with E-state index in [1.165, 1.54) is 0 Å². The zero-order valence-electron chi connectivity index (χ0n) is 2.39. The first-order chi connectivity index (χ1) is 2.83. The molecule has 0 aromatic heterocycles. The van der Waals surface area contributed by atoms with Gasteiger partial charge in [0.25, 0.3) is 0 Å². The predicted octanol–water partition coefficient (Wildman–Crippen LogP) is -0.480. The zero-order valence-corrected chi connectivity index (χ0v) is 4.75. The normalized spacial score (nSPS) is 4.00. The first-order valence-corrected chi connectivity index (χ1v) is 2.54. The van der Waals surface area contributed by atoms with Crippen molar-refractivity contribution in [3.05, 3.63) is 0 Å². The third kappa shape index (κ3) is 779. The quantitative estimate of drug-likeness (QED) is 0.465. The Morgan fingerprint density at radius 2 is 0.667 bits per heavy atom. The summed E-state index contributed by atoms with van der Waals surface area (Å²) in [5.41, 5.74) is 0. The fourth-order valence-electron chi connectivity index (χ4n) is 0. The molecule has 0 unspecified atom stereocenters. The molecule has 0 aliphatic carbocycles. The van der Waals surface area contributed by atoms with Gasteiger partial charge >= 0.3 is 45.0 Å². The van der Waals surface area contributed by atoms with Gasteiger partial charge in [0.05, 0.1) is 0 Å². The van der Waals surface area contributed by atoms with Gasteiger partial charge < -0.3 is 0 Å². The summed E-state index contributed by atoms with van der Waals surface area (Å²) in [7, 11) is 0. The van der Waals surface area contributed by atoms with Crippen molar-refractivity contribution in [3.8, 4) is 0 Å². The molecule has 0 aromatic carbocycles. The summed E-state index contributed by atoms with van der Waals surface area (Å²) in [6.45, 7) is 0. The van der Waals surface area contributed by atoms with Gasteiger partial charge in [0.15, 0.2) is 0 Å². The standard InChI is InChI=1S/2Mn.4O. The van der Waals surface area contributed by atoms with Gasteiger partial charge in [0.2, 0.25) is 0 Å². The van der Waals surface area contributed by atoms with Gasteiger partial charge in [-0.05, 0) is 0 Å². The molecule has 0 atom stereocenters. The topological polar surface area (TPSA) is 68.3 Å². The first kappa shape index (κ1) is 9.53. The molecule has 0 bridgehead atoms. The van der Waals surface area contributed by atoms with Crippen molar-refractivity contribution < 1.29 is 45.0 Å². The fourth-order valence-corrected chi connectivity index (χ4v) is 0. The van der Waals surface area contributed by atoms with E-state index in [0.717, 1.165) is 0 Å². The molecular weight excluding hydrogens is 174 g/mol. The van der Waals surface area contributed by atoms with Crippen LogP contribution in [0.5, 0.6) is 0 Å². The van der Waals surface area contributed by atoms with Crippen molar-refractivity contribution in [1.29, 1.82) is 0 Å². The van der Waals surface area contributed by atoms with E-state index in [0.29, 0.717) is 0 Å². The van der Waals surface area contributed by atoms with E-state index in [1.807, 2.05) is 0 Å². The van der Waals surface area contributed by atoms with Crippen molar-refractivity contribution in [2.75, 3.05) is 0 Å². The molecule has 0 amide bonds. The summed E-state index contributed by atoms with van der Waals surface area (Å²) in [4.78, 5) is 0. The monoisotopic (exact) mass is 174 g/mol. The molecule has 6 heavy (non-hydrogen) atoms. The van der Waals surface area contributed by atoms with Gasteiger partial charge in [-0.3, -0.25) is 0 Å². The Bertz CT molecular complexity index is 59.5. The molecule has 0 radical (unpaired) electrons. The van der Waals surface area contributed by atoms with E-state index < -0.39 is 29.6 Å². The summed E-state index contributed by atoms with van der Waals surface area (Å²) in [6, 6.07) is 0. The summed E-state index contributed by atoms with van der Waals surface area (Å²) < 4.78 is 33.6. The molecule has 0 aliphatic heterocycles. The second kappa shape index (κ2) is 18.8. The molecule has 0 saturated carbocycles. The average molecular weight is 174 g/mol. The Balaban J connectivity index is 0. The third-order valence-electron chi connectivity index (χ3n) is 0. The predicted molar refractivity (Wildman–Crippen MR) is 2.75 cm³/mol. The van der Waals surface area contributed by atoms with E-state index in [-0.39, 0.29) is 0 Å². The average Bonchev–Trinajstić information content (AvgIpc) is 1.39. The number of rotatable bonds is 0. The van der Waals surface area contributed by atoms with Crippen LogP contribution in [-0.4, -0.2) is 0 Å². The second-order valence-corrected chi connectivity index (χ2v) is 0.519. The Morgan fingerprint density at radius 3 is 0.667 bits per heavy atom. The summed E-state index contributed by atoms with van der Waals surface area (Å²) in [5.74, 6) is 0. The van der Waals surface area contributed by atoms with E-state index in [2.05, 4.69) is 0 Å². The molecule has 6 heteroatoms. The molecule has 0 aliphatic rings. The Hall–Kier alpha value is 0.239. The van der Waals surface area contributed by atoms with Crippen molar-refractivity contribution in [3.63, 3.8) is 0 Å². The van der Waals surface area contributed by atoms with Gasteiger partial charge in [0.1, 0.15) is 0 Å². The molecule has 0 rings (SSSR count). The molecule has 0 heterocycles. The van der Waals surface area contributed by atoms with Crippen LogP contribution in [0.2, 0.25) is 0 Å². The van der Waals surface area contributed by atoms with Gasteiger partial charge in [-0.15, -0.1) is 0 Å². The molecule has 0 aromatic rings. The maximum atomic E-state index is 8.41. The minimum atomic E-state index is -1.44. The van der Waals surface area contributed by atoms with Crippen LogP contribution in [0.3, 0.4) is 0 Å². The van der Waals surface area contributed by atoms with Gasteiger partial charge in [0, 0.05) is 0 Å². The zero-order chi connectivity index (χ0) is 5.41. The minimum absolute atomic E-state index is 1.44. The van der Waals surface area contributed by atoms with E-state index in [9.17, 15) is 0 Å². The molecule has 4 nitrogen and oxygen atoms in total. The first-order valence-electron chi connectivity index (χ1n) is 0.617. The molecule has 0 saturated heterocycles. The maximum absolute atomic E-state index is 8.41. The fraction of sp³-hybridized carbons (Fsp3) is 0. The molecular formula is Mn2O4. The summed E-state index contributed by atoms with van der Waals surface area (Å²) in [6.07, 6.45) is 0. The van der Waals surface area contributed by atoms with Gasteiger partial charge in [-0.1, -0.05) is 0 Å². The van der Waals surface area contributed by atoms with Gasteiger partial charge in [-0.25, -0.2) is 0 Å². The van der Waals surface area contributed by atoms with E-state index in [1.54, 1.807) is 0 Å². The van der Waals surface area contributed by atoms with Gasteiger partial charge in [-0.2, -0.15) is 0 Å². The molecule has 0 spiro atoms. The van der Waals surface area contributed by atoms with Crippen molar-refractivity contribution in [2.24, 2.45) is 0 Å². The molecule has 0 N–H and O–H groups in total. The van der Waals surface area contributed by atoms with Crippen LogP contribution >= 0.6 is 0 Å². The van der Waals surface area contributed by atoms with Crippen LogP contribution < -0.4 is 0 Å². The van der Waals surface area contributed by atoms with Crippen molar-refractivity contribution in [2.45, 2.75) is 0 Å². The Kier molecular flexibility index (Phi) is 29.8. The van der Waals surface area contributed by atoms with Crippen LogP contribution in [0.15, 0.2) is 0 Å². The van der Waals surface area contributed by atoms with Crippen molar-refractivity contribution in [1.82, 2.24) is 0 Å². The number of hydrogen-bond donors (Lipinski definition) is 0. The summed E-state index contributed by atoms with van der Waals surface area (Å²) >= 11 is -2.88. The third-order valence-corrected chi connectivity index (χ3v) is 0. The molecule has 0 fully saturated rings. The second-order valence-electron chi connectivity index (χ2n) is 0.126.